The minimum absolute atomic E-state index is 0.0800. The molecule has 0 aliphatic carbocycles. The summed E-state index contributed by atoms with van der Waals surface area (Å²) in [4.78, 5) is 25.4. The minimum atomic E-state index is -0.632. The van der Waals surface area contributed by atoms with E-state index in [4.69, 9.17) is 4.74 Å². The van der Waals surface area contributed by atoms with Crippen LogP contribution in [-0.4, -0.2) is 41.6 Å². The van der Waals surface area contributed by atoms with Gasteiger partial charge in [-0.05, 0) is 25.8 Å². The predicted molar refractivity (Wildman–Crippen MR) is 78.6 cm³/mol. The van der Waals surface area contributed by atoms with Crippen molar-refractivity contribution in [3.63, 3.8) is 0 Å². The monoisotopic (exact) mass is 289 g/mol. The van der Waals surface area contributed by atoms with Gasteiger partial charge in [0.2, 0.25) is 0 Å². The Labute approximate surface area is 123 Å². The molecule has 0 spiro atoms. The van der Waals surface area contributed by atoms with Crippen LogP contribution in [0, 0.1) is 6.92 Å². The third-order valence-corrected chi connectivity index (χ3v) is 3.36. The van der Waals surface area contributed by atoms with E-state index < -0.39 is 17.6 Å². The molecule has 0 radical (unpaired) electrons. The number of ether oxygens (including phenoxy) is 1. The molecule has 1 heterocycles. The Balaban J connectivity index is 2.14. The van der Waals surface area contributed by atoms with Gasteiger partial charge in [-0.1, -0.05) is 29.8 Å². The van der Waals surface area contributed by atoms with Crippen LogP contribution in [0.2, 0.25) is 0 Å². The second kappa shape index (κ2) is 6.54. The third kappa shape index (κ3) is 3.13. The second-order valence-electron chi connectivity index (χ2n) is 4.90. The number of hydrogen-bond donors (Lipinski definition) is 1. The number of carbonyl (C=O) groups is 2. The molecule has 1 aliphatic rings. The number of aliphatic hydroxyl groups is 1. The van der Waals surface area contributed by atoms with Crippen LogP contribution < -0.4 is 0 Å². The van der Waals surface area contributed by atoms with Gasteiger partial charge in [0.05, 0.1) is 5.57 Å². The summed E-state index contributed by atoms with van der Waals surface area (Å²) in [6.45, 7) is 5.14. The molecule has 5 nitrogen and oxygen atoms in total. The van der Waals surface area contributed by atoms with Crippen molar-refractivity contribution in [3.05, 3.63) is 41.2 Å². The Kier molecular flexibility index (Phi) is 4.75. The maximum absolute atomic E-state index is 12.3. The number of imide groups is 1. The van der Waals surface area contributed by atoms with E-state index in [1.54, 1.807) is 12.1 Å². The lowest BCUT2D eigenvalue weighted by atomic mass is 10.0. The van der Waals surface area contributed by atoms with Crippen molar-refractivity contribution in [2.24, 2.45) is 0 Å². The summed E-state index contributed by atoms with van der Waals surface area (Å²) >= 11 is 0. The van der Waals surface area contributed by atoms with Crippen molar-refractivity contribution in [1.29, 1.82) is 0 Å². The van der Waals surface area contributed by atoms with Crippen molar-refractivity contribution in [1.82, 2.24) is 4.90 Å². The first-order valence-corrected chi connectivity index (χ1v) is 7.00. The molecule has 0 atom stereocenters. The number of benzene rings is 1. The van der Waals surface area contributed by atoms with Crippen LogP contribution >= 0.6 is 0 Å². The maximum Gasteiger partial charge on any atom is 0.296 e. The number of aryl methyl sites for hydroxylation is 1. The standard InChI is InChI=1S/C16H19NO4/c1-3-21-10-4-9-17-15(19)13(14(18)16(17)20)12-7-5-11(2)6-8-12/h5-8,18H,3-4,9-10H2,1-2H3. The first-order chi connectivity index (χ1) is 10.1. The van der Waals surface area contributed by atoms with Gasteiger partial charge in [0, 0.05) is 19.8 Å². The van der Waals surface area contributed by atoms with Crippen LogP contribution in [0.5, 0.6) is 0 Å². The molecule has 1 N–H and O–H groups in total. The van der Waals surface area contributed by atoms with Gasteiger partial charge >= 0.3 is 0 Å². The van der Waals surface area contributed by atoms with Gasteiger partial charge in [-0.25, -0.2) is 0 Å². The molecule has 2 amide bonds. The van der Waals surface area contributed by atoms with E-state index in [0.29, 0.717) is 25.2 Å². The fourth-order valence-electron chi connectivity index (χ4n) is 2.22. The number of amides is 2. The van der Waals surface area contributed by atoms with Gasteiger partial charge in [-0.3, -0.25) is 14.5 Å². The molecule has 1 aromatic carbocycles. The van der Waals surface area contributed by atoms with E-state index in [1.165, 1.54) is 0 Å². The molecule has 0 aromatic heterocycles. The summed E-state index contributed by atoms with van der Waals surface area (Å²) in [5.74, 6) is -1.55. The molecule has 0 fully saturated rings. The fraction of sp³-hybridized carbons (Fsp3) is 0.375. The van der Waals surface area contributed by atoms with E-state index >= 15 is 0 Å². The van der Waals surface area contributed by atoms with Crippen molar-refractivity contribution in [3.8, 4) is 0 Å². The summed E-state index contributed by atoms with van der Waals surface area (Å²) in [6, 6.07) is 7.14. The molecule has 21 heavy (non-hydrogen) atoms. The largest absolute Gasteiger partial charge is 0.502 e. The summed E-state index contributed by atoms with van der Waals surface area (Å²) in [7, 11) is 0. The lowest BCUT2D eigenvalue weighted by Gasteiger charge is -2.14. The summed E-state index contributed by atoms with van der Waals surface area (Å²) < 4.78 is 5.19. The molecule has 1 aliphatic heterocycles. The van der Waals surface area contributed by atoms with Crippen molar-refractivity contribution in [2.45, 2.75) is 20.3 Å². The van der Waals surface area contributed by atoms with Gasteiger partial charge in [0.25, 0.3) is 11.8 Å². The molecule has 0 bridgehead atoms. The quantitative estimate of drug-likeness (QED) is 0.643. The molecule has 2 rings (SSSR count). The fourth-order valence-corrected chi connectivity index (χ4v) is 2.22. The van der Waals surface area contributed by atoms with Crippen molar-refractivity contribution >= 4 is 17.4 Å². The normalized spacial score (nSPS) is 15.2. The molecule has 0 unspecified atom stereocenters. The Morgan fingerprint density at radius 1 is 1.14 bits per heavy atom. The molecular weight excluding hydrogens is 270 g/mol. The number of rotatable bonds is 6. The molecule has 0 saturated carbocycles. The van der Waals surface area contributed by atoms with E-state index in [-0.39, 0.29) is 12.1 Å². The van der Waals surface area contributed by atoms with Crippen LogP contribution in [0.4, 0.5) is 0 Å². The SMILES string of the molecule is CCOCCCN1C(=O)C(O)=C(c2ccc(C)cc2)C1=O. The highest BCUT2D eigenvalue weighted by molar-refractivity contribution is 6.34. The highest BCUT2D eigenvalue weighted by Crippen LogP contribution is 2.28. The van der Waals surface area contributed by atoms with Crippen LogP contribution in [0.3, 0.4) is 0 Å². The Morgan fingerprint density at radius 2 is 1.81 bits per heavy atom. The van der Waals surface area contributed by atoms with Gasteiger partial charge in [-0.2, -0.15) is 0 Å². The Morgan fingerprint density at radius 3 is 2.43 bits per heavy atom. The minimum Gasteiger partial charge on any atom is -0.502 e. The van der Waals surface area contributed by atoms with Gasteiger partial charge < -0.3 is 9.84 Å². The lowest BCUT2D eigenvalue weighted by molar-refractivity contribution is -0.138. The first kappa shape index (κ1) is 15.3. The zero-order chi connectivity index (χ0) is 15.4. The summed E-state index contributed by atoms with van der Waals surface area (Å²) in [5.41, 5.74) is 1.68. The zero-order valence-electron chi connectivity index (χ0n) is 12.3. The number of carbonyl (C=O) groups excluding carboxylic acids is 2. The predicted octanol–water partition coefficient (Wildman–Crippen LogP) is 2.06. The highest BCUT2D eigenvalue weighted by Gasteiger charge is 2.38. The third-order valence-electron chi connectivity index (χ3n) is 3.36. The van der Waals surface area contributed by atoms with Crippen LogP contribution in [0.25, 0.3) is 5.57 Å². The van der Waals surface area contributed by atoms with E-state index in [0.717, 1.165) is 10.5 Å². The first-order valence-electron chi connectivity index (χ1n) is 7.00. The smallest absolute Gasteiger partial charge is 0.296 e. The molecule has 112 valence electrons. The topological polar surface area (TPSA) is 66.8 Å². The number of nitrogens with zero attached hydrogens (tertiary/aromatic N) is 1. The Bertz CT molecular complexity index is 574. The average Bonchev–Trinajstić information content (AvgIpc) is 2.68. The molecule has 0 saturated heterocycles. The second-order valence-corrected chi connectivity index (χ2v) is 4.90. The maximum atomic E-state index is 12.3. The zero-order valence-corrected chi connectivity index (χ0v) is 12.3. The van der Waals surface area contributed by atoms with Crippen LogP contribution in [0.1, 0.15) is 24.5 Å². The average molecular weight is 289 g/mol. The van der Waals surface area contributed by atoms with Gasteiger partial charge in [0.15, 0.2) is 5.76 Å². The highest BCUT2D eigenvalue weighted by atomic mass is 16.5. The molecule has 5 heteroatoms. The van der Waals surface area contributed by atoms with Crippen molar-refractivity contribution in [2.75, 3.05) is 19.8 Å². The summed E-state index contributed by atoms with van der Waals surface area (Å²) in [5, 5.41) is 9.96. The van der Waals surface area contributed by atoms with E-state index in [1.807, 2.05) is 26.0 Å². The van der Waals surface area contributed by atoms with E-state index in [2.05, 4.69) is 0 Å². The van der Waals surface area contributed by atoms with Gasteiger partial charge in [-0.15, -0.1) is 0 Å². The van der Waals surface area contributed by atoms with Crippen LogP contribution in [0.15, 0.2) is 30.0 Å². The molecular formula is C16H19NO4. The van der Waals surface area contributed by atoms with E-state index in [9.17, 15) is 14.7 Å². The molecule has 1 aromatic rings. The van der Waals surface area contributed by atoms with Crippen molar-refractivity contribution < 1.29 is 19.4 Å². The lowest BCUT2D eigenvalue weighted by Crippen LogP contribution is -2.33. The number of hydrogen-bond acceptors (Lipinski definition) is 4. The summed E-state index contributed by atoms with van der Waals surface area (Å²) in [6.07, 6.45) is 0.555. The Hall–Kier alpha value is -2.14. The number of aliphatic hydroxyl groups excluding tert-OH is 1. The van der Waals surface area contributed by atoms with Crippen LogP contribution in [-0.2, 0) is 14.3 Å². The van der Waals surface area contributed by atoms with Gasteiger partial charge in [0.1, 0.15) is 0 Å².